The van der Waals surface area contributed by atoms with Crippen LogP contribution in [0.2, 0.25) is 0 Å². The molecule has 0 aliphatic carbocycles. The van der Waals surface area contributed by atoms with E-state index in [1.807, 2.05) is 0 Å². The quantitative estimate of drug-likeness (QED) is 0.165. The summed E-state index contributed by atoms with van der Waals surface area (Å²) in [5, 5.41) is 0. The van der Waals surface area contributed by atoms with Gasteiger partial charge in [-0.3, -0.25) is 4.99 Å². The number of rotatable bonds is 5. The summed E-state index contributed by atoms with van der Waals surface area (Å²) in [6.45, 7) is 0.454. The van der Waals surface area contributed by atoms with E-state index in [0.29, 0.717) is 19.4 Å². The number of carbonyl (C=O) groups excluding carboxylic acids is 1. The molecule has 0 saturated heterocycles. The number of halogens is 1. The number of hydrogen-bond donors (Lipinski definition) is 4. The van der Waals surface area contributed by atoms with Crippen molar-refractivity contribution < 1.29 is 8.98 Å². The SMILES string of the molecule is Cl.NC(N)=NCCC[C@H](N)C(=O)OS. The van der Waals surface area contributed by atoms with Gasteiger partial charge in [0.05, 0.1) is 0 Å². The van der Waals surface area contributed by atoms with Crippen LogP contribution in [0.1, 0.15) is 12.8 Å². The smallest absolute Gasteiger partial charge is 0.334 e. The van der Waals surface area contributed by atoms with Crippen LogP contribution in [0, 0.1) is 0 Å². The standard InChI is InChI=1S/C6H14N4O2S.ClH/c7-4(5(11)12-13)2-1-3-10-6(8)9;/h4,13H,1-3,7H2,(H4,8,9,10);1H/t4-;/m0./s1. The molecule has 8 heteroatoms. The summed E-state index contributed by atoms with van der Waals surface area (Å²) in [4.78, 5) is 14.5. The molecule has 0 radical (unpaired) electrons. The molecular formula is C6H15ClN4O2S. The highest BCUT2D eigenvalue weighted by Crippen LogP contribution is 1.98. The van der Waals surface area contributed by atoms with E-state index in [0.717, 1.165) is 0 Å². The van der Waals surface area contributed by atoms with Crippen molar-refractivity contribution in [2.75, 3.05) is 6.54 Å². The summed E-state index contributed by atoms with van der Waals surface area (Å²) < 4.78 is 4.14. The Hall–Kier alpha value is -0.660. The van der Waals surface area contributed by atoms with Crippen LogP contribution in [0.25, 0.3) is 0 Å². The second kappa shape index (κ2) is 8.92. The topological polar surface area (TPSA) is 117 Å². The molecule has 0 unspecified atom stereocenters. The lowest BCUT2D eigenvalue weighted by molar-refractivity contribution is -0.134. The van der Waals surface area contributed by atoms with Gasteiger partial charge in [0, 0.05) is 19.5 Å². The summed E-state index contributed by atoms with van der Waals surface area (Å²) in [5.74, 6) is -0.515. The number of guanidine groups is 1. The maximum absolute atomic E-state index is 10.7. The third-order valence-corrected chi connectivity index (χ3v) is 1.54. The molecule has 6 N–H and O–H groups in total. The fourth-order valence-electron chi connectivity index (χ4n) is 0.705. The molecular weight excluding hydrogens is 228 g/mol. The van der Waals surface area contributed by atoms with Crippen molar-refractivity contribution in [1.82, 2.24) is 0 Å². The molecule has 0 fully saturated rings. The van der Waals surface area contributed by atoms with Crippen molar-refractivity contribution in [3.05, 3.63) is 0 Å². The van der Waals surface area contributed by atoms with E-state index < -0.39 is 12.0 Å². The molecule has 0 rings (SSSR count). The Morgan fingerprint density at radius 3 is 2.50 bits per heavy atom. The van der Waals surface area contributed by atoms with Crippen molar-refractivity contribution in [2.24, 2.45) is 22.2 Å². The first-order valence-electron chi connectivity index (χ1n) is 3.74. The molecule has 0 saturated carbocycles. The highest BCUT2D eigenvalue weighted by atomic mass is 35.5. The minimum atomic E-state index is -0.660. The van der Waals surface area contributed by atoms with Crippen molar-refractivity contribution in [1.29, 1.82) is 0 Å². The number of nitrogens with two attached hydrogens (primary N) is 3. The zero-order valence-corrected chi connectivity index (χ0v) is 9.26. The fourth-order valence-corrected chi connectivity index (χ4v) is 0.840. The second-order valence-corrected chi connectivity index (χ2v) is 2.65. The number of nitrogens with zero attached hydrogens (tertiary/aromatic N) is 1. The summed E-state index contributed by atoms with van der Waals surface area (Å²) in [5.41, 5.74) is 15.6. The third-order valence-electron chi connectivity index (χ3n) is 1.36. The van der Waals surface area contributed by atoms with Gasteiger partial charge in [-0.2, -0.15) is 0 Å². The zero-order chi connectivity index (χ0) is 10.3. The molecule has 0 aromatic rings. The van der Waals surface area contributed by atoms with E-state index in [9.17, 15) is 4.79 Å². The maximum atomic E-state index is 10.7. The normalized spacial score (nSPS) is 11.0. The van der Waals surface area contributed by atoms with E-state index >= 15 is 0 Å². The molecule has 0 spiro atoms. The van der Waals surface area contributed by atoms with Gasteiger partial charge in [-0.15, -0.1) is 12.4 Å². The van der Waals surface area contributed by atoms with Crippen molar-refractivity contribution in [2.45, 2.75) is 18.9 Å². The van der Waals surface area contributed by atoms with Crippen LogP contribution in [0.15, 0.2) is 4.99 Å². The van der Waals surface area contributed by atoms with Crippen molar-refractivity contribution >= 4 is 37.2 Å². The molecule has 0 aliphatic rings. The predicted octanol–water partition coefficient (Wildman–Crippen LogP) is -0.823. The molecule has 0 heterocycles. The summed E-state index contributed by atoms with van der Waals surface area (Å²) >= 11 is 3.34. The molecule has 0 amide bonds. The molecule has 6 nitrogen and oxygen atoms in total. The lowest BCUT2D eigenvalue weighted by atomic mass is 10.2. The number of thiol groups is 1. The van der Waals surface area contributed by atoms with Gasteiger partial charge in [0.25, 0.3) is 0 Å². The van der Waals surface area contributed by atoms with E-state index in [1.54, 1.807) is 0 Å². The molecule has 0 aliphatic heterocycles. The Kier molecular flexibility index (Phi) is 10.1. The minimum absolute atomic E-state index is 0. The van der Waals surface area contributed by atoms with Gasteiger partial charge in [0.2, 0.25) is 0 Å². The van der Waals surface area contributed by atoms with E-state index in [-0.39, 0.29) is 18.4 Å². The van der Waals surface area contributed by atoms with Crippen molar-refractivity contribution in [3.8, 4) is 0 Å². The van der Waals surface area contributed by atoms with Gasteiger partial charge in [-0.1, -0.05) is 0 Å². The summed E-state index contributed by atoms with van der Waals surface area (Å²) in [6, 6.07) is -0.660. The summed E-state index contributed by atoms with van der Waals surface area (Å²) in [7, 11) is 0. The van der Waals surface area contributed by atoms with Crippen molar-refractivity contribution in [3.63, 3.8) is 0 Å². The lowest BCUT2D eigenvalue weighted by Crippen LogP contribution is -2.30. The number of aliphatic imine (C=N–C) groups is 1. The Labute approximate surface area is 94.3 Å². The number of hydrogen-bond acceptors (Lipinski definition) is 5. The van der Waals surface area contributed by atoms with Gasteiger partial charge in [-0.25, -0.2) is 4.79 Å². The molecule has 0 aromatic heterocycles. The molecule has 0 bridgehead atoms. The van der Waals surface area contributed by atoms with E-state index in [1.165, 1.54) is 0 Å². The van der Waals surface area contributed by atoms with Crippen LogP contribution in [0.4, 0.5) is 0 Å². The highest BCUT2D eigenvalue weighted by molar-refractivity contribution is 7.75. The van der Waals surface area contributed by atoms with Gasteiger partial charge in [0.1, 0.15) is 6.04 Å². The second-order valence-electron chi connectivity index (χ2n) is 2.47. The highest BCUT2D eigenvalue weighted by Gasteiger charge is 2.12. The van der Waals surface area contributed by atoms with Crippen LogP contribution >= 0.6 is 25.3 Å². The van der Waals surface area contributed by atoms with Crippen LogP contribution in [-0.4, -0.2) is 24.5 Å². The molecule has 1 atom stereocenters. The predicted molar refractivity (Wildman–Crippen MR) is 60.2 cm³/mol. The van der Waals surface area contributed by atoms with Crippen LogP contribution < -0.4 is 17.2 Å². The van der Waals surface area contributed by atoms with Crippen LogP contribution in [-0.2, 0) is 8.98 Å². The maximum Gasteiger partial charge on any atom is 0.334 e. The van der Waals surface area contributed by atoms with E-state index in [2.05, 4.69) is 22.1 Å². The largest absolute Gasteiger partial charge is 0.393 e. The monoisotopic (exact) mass is 242 g/mol. The summed E-state index contributed by atoms with van der Waals surface area (Å²) in [6.07, 6.45) is 1.10. The first-order valence-corrected chi connectivity index (χ1v) is 4.10. The Bertz CT molecular complexity index is 198. The van der Waals surface area contributed by atoms with Crippen LogP contribution in [0.5, 0.6) is 0 Å². The van der Waals surface area contributed by atoms with Gasteiger partial charge in [0.15, 0.2) is 5.96 Å². The van der Waals surface area contributed by atoms with Gasteiger partial charge < -0.3 is 21.4 Å². The molecule has 0 aromatic carbocycles. The molecule has 84 valence electrons. The zero-order valence-electron chi connectivity index (χ0n) is 7.55. The Balaban J connectivity index is 0. The van der Waals surface area contributed by atoms with Gasteiger partial charge >= 0.3 is 5.97 Å². The van der Waals surface area contributed by atoms with Gasteiger partial charge in [-0.05, 0) is 12.8 Å². The van der Waals surface area contributed by atoms with Crippen LogP contribution in [0.3, 0.4) is 0 Å². The van der Waals surface area contributed by atoms with E-state index in [4.69, 9.17) is 17.2 Å². The Morgan fingerprint density at radius 2 is 2.07 bits per heavy atom. The average Bonchev–Trinajstić information content (AvgIpc) is 2.10. The lowest BCUT2D eigenvalue weighted by Gasteiger charge is -2.06. The molecule has 14 heavy (non-hydrogen) atoms. The Morgan fingerprint density at radius 1 is 1.50 bits per heavy atom. The first kappa shape index (κ1) is 15.8. The minimum Gasteiger partial charge on any atom is -0.393 e. The number of carbonyl (C=O) groups is 1. The average molecular weight is 243 g/mol. The fraction of sp³-hybridized carbons (Fsp3) is 0.667. The third kappa shape index (κ3) is 7.96. The first-order chi connectivity index (χ1) is 6.07.